The van der Waals surface area contributed by atoms with Crippen LogP contribution in [0, 0.1) is 11.3 Å². The topological polar surface area (TPSA) is 104 Å². The molecule has 0 N–H and O–H groups in total. The second kappa shape index (κ2) is 15.9. The molecule has 18 rings (SSSR count). The number of benzene rings is 10. The summed E-state index contributed by atoms with van der Waals surface area (Å²) < 4.78 is 27.0. The van der Waals surface area contributed by atoms with Crippen molar-refractivity contribution in [2.24, 2.45) is 0 Å². The quantitative estimate of drug-likeness (QED) is 0.170. The molecule has 18 aromatic rings. The maximum Gasteiger partial charge on any atom is 0.136 e. The van der Waals surface area contributed by atoms with E-state index in [2.05, 4.69) is 177 Å². The Balaban J connectivity index is 1.14. The van der Waals surface area contributed by atoms with Crippen molar-refractivity contribution < 1.29 is 13.3 Å². The molecule has 0 aliphatic carbocycles. The Kier molecular flexibility index (Phi) is 8.55. The summed E-state index contributed by atoms with van der Waals surface area (Å²) in [6.45, 7) is 0. The summed E-state index contributed by atoms with van der Waals surface area (Å²) in [6.07, 6.45) is 7.49. The van der Waals surface area contributed by atoms with Gasteiger partial charge in [-0.15, -0.1) is 0 Å². The molecule has 0 spiro atoms. The van der Waals surface area contributed by atoms with Gasteiger partial charge < -0.3 is 27.0 Å². The number of para-hydroxylation sites is 6. The molecule has 0 unspecified atom stereocenters. The van der Waals surface area contributed by atoms with Crippen LogP contribution in [0.25, 0.3) is 171 Å². The van der Waals surface area contributed by atoms with Crippen LogP contribution in [0.15, 0.2) is 244 Å². The van der Waals surface area contributed by atoms with Gasteiger partial charge in [-0.2, -0.15) is 5.26 Å². The van der Waals surface area contributed by atoms with Crippen molar-refractivity contribution in [3.05, 3.63) is 237 Å². The van der Waals surface area contributed by atoms with Gasteiger partial charge in [0.1, 0.15) is 45.1 Å². The molecule has 0 fully saturated rings. The number of nitriles is 1. The Morgan fingerprint density at radius 1 is 0.300 bits per heavy atom. The predicted molar refractivity (Wildman–Crippen MR) is 322 cm³/mol. The number of fused-ring (bicyclic) bond motifs is 18. The first kappa shape index (κ1) is 43.0. The van der Waals surface area contributed by atoms with Gasteiger partial charge in [-0.1, -0.05) is 121 Å². The highest BCUT2D eigenvalue weighted by Crippen LogP contribution is 2.53. The molecular formula is C71H38N6O3. The SMILES string of the molecule is N#Cc1c(-n2c3ccccc3c3cc4oc5ccccc5c4cc32)c(-c2cccnc2)c(-n2c3ccccc3c3cc4oc5ccccc5c4cc32)c(-c2cccnc2)c1-n1c2ccccc2c2cc3oc4ccccc4c3cc21. The summed E-state index contributed by atoms with van der Waals surface area (Å²) in [5.41, 5.74) is 16.4. The molecule has 0 bridgehead atoms. The van der Waals surface area contributed by atoms with Crippen molar-refractivity contribution in [1.29, 1.82) is 5.26 Å². The minimum absolute atomic E-state index is 0.454. The van der Waals surface area contributed by atoms with Crippen LogP contribution in [0.3, 0.4) is 0 Å². The van der Waals surface area contributed by atoms with Crippen LogP contribution in [-0.2, 0) is 0 Å². The van der Waals surface area contributed by atoms with E-state index in [1.807, 2.05) is 73.3 Å². The third kappa shape index (κ3) is 5.72. The normalized spacial score (nSPS) is 12.2. The van der Waals surface area contributed by atoms with Crippen molar-refractivity contribution in [2.75, 3.05) is 0 Å². The minimum Gasteiger partial charge on any atom is -0.456 e. The van der Waals surface area contributed by atoms with E-state index in [0.717, 1.165) is 159 Å². The molecule has 10 aromatic carbocycles. The van der Waals surface area contributed by atoms with Crippen molar-refractivity contribution in [1.82, 2.24) is 23.7 Å². The number of aromatic nitrogens is 5. The molecule has 9 heteroatoms. The zero-order chi connectivity index (χ0) is 52.3. The zero-order valence-electron chi connectivity index (χ0n) is 42.3. The summed E-state index contributed by atoms with van der Waals surface area (Å²) >= 11 is 0. The van der Waals surface area contributed by atoms with Crippen LogP contribution in [0.1, 0.15) is 5.56 Å². The van der Waals surface area contributed by atoms with E-state index in [1.165, 1.54) is 0 Å². The summed E-state index contributed by atoms with van der Waals surface area (Å²) in [5, 5.41) is 24.9. The average molecular weight is 1020 g/mol. The number of furan rings is 3. The van der Waals surface area contributed by atoms with E-state index < -0.39 is 0 Å². The highest BCUT2D eigenvalue weighted by atomic mass is 16.3. The molecule has 0 radical (unpaired) electrons. The van der Waals surface area contributed by atoms with E-state index in [9.17, 15) is 5.26 Å². The van der Waals surface area contributed by atoms with E-state index >= 15 is 0 Å². The third-order valence-corrected chi connectivity index (χ3v) is 16.6. The minimum atomic E-state index is 0.454. The smallest absolute Gasteiger partial charge is 0.136 e. The number of pyridine rings is 2. The molecule has 9 nitrogen and oxygen atoms in total. The van der Waals surface area contributed by atoms with Crippen molar-refractivity contribution >= 4 is 131 Å². The number of nitrogens with zero attached hydrogens (tertiary/aromatic N) is 6. The predicted octanol–water partition coefficient (Wildman–Crippen LogP) is 18.7. The Labute approximate surface area is 453 Å². The fourth-order valence-electron chi connectivity index (χ4n) is 13.3. The second-order valence-corrected chi connectivity index (χ2v) is 20.7. The molecule has 0 atom stereocenters. The Hall–Kier alpha value is -11.2. The lowest BCUT2D eigenvalue weighted by atomic mass is 9.89. The van der Waals surface area contributed by atoms with Gasteiger partial charge >= 0.3 is 0 Å². The first-order valence-corrected chi connectivity index (χ1v) is 26.7. The lowest BCUT2D eigenvalue weighted by Gasteiger charge is -2.28. The molecule has 0 saturated heterocycles. The fraction of sp³-hybridized carbons (Fsp3) is 0. The summed E-state index contributed by atoms with van der Waals surface area (Å²) in [4.78, 5) is 9.80. The maximum absolute atomic E-state index is 12.8. The van der Waals surface area contributed by atoms with E-state index in [4.69, 9.17) is 23.2 Å². The zero-order valence-corrected chi connectivity index (χ0v) is 42.3. The molecule has 0 amide bonds. The first-order valence-electron chi connectivity index (χ1n) is 26.7. The number of rotatable bonds is 5. The number of hydrogen-bond donors (Lipinski definition) is 0. The van der Waals surface area contributed by atoms with Crippen LogP contribution in [-0.4, -0.2) is 23.7 Å². The van der Waals surface area contributed by atoms with Crippen LogP contribution >= 0.6 is 0 Å². The van der Waals surface area contributed by atoms with Crippen molar-refractivity contribution in [3.63, 3.8) is 0 Å². The number of hydrogen-bond acceptors (Lipinski definition) is 6. The molecule has 370 valence electrons. The monoisotopic (exact) mass is 1020 g/mol. The largest absolute Gasteiger partial charge is 0.456 e. The lowest BCUT2D eigenvalue weighted by molar-refractivity contribution is 0.669. The van der Waals surface area contributed by atoms with Gasteiger partial charge in [0.25, 0.3) is 0 Å². The Bertz CT molecular complexity index is 5490. The summed E-state index contributed by atoms with van der Waals surface area (Å²) in [7, 11) is 0. The van der Waals surface area contributed by atoms with Gasteiger partial charge in [0.05, 0.1) is 50.2 Å². The molecule has 0 aliphatic rings. The molecule has 0 aliphatic heterocycles. The van der Waals surface area contributed by atoms with Crippen LogP contribution < -0.4 is 0 Å². The van der Waals surface area contributed by atoms with Crippen LogP contribution in [0.2, 0.25) is 0 Å². The molecule has 0 saturated carbocycles. The molecular weight excluding hydrogens is 985 g/mol. The van der Waals surface area contributed by atoms with E-state index in [-0.39, 0.29) is 0 Å². The highest BCUT2D eigenvalue weighted by molar-refractivity contribution is 6.22. The van der Waals surface area contributed by atoms with Crippen LogP contribution in [0.4, 0.5) is 0 Å². The standard InChI is InChI=1S/C71H38N6O3/c72-37-54-69(75-55-23-7-1-17-42(55)48-34-64-51(31-58(48)75)45-20-4-10-26-61(45)78-64)67(40-15-13-29-73-38-40)71(77-57-25-9-3-19-44(57)50-36-66-53(33-60(50)77)47-22-6-12-28-63(47)80-66)68(41-16-14-30-74-39-41)70(54)76-56-24-8-2-18-43(56)49-35-65-52(32-59(49)76)46-21-5-11-27-62(46)79-65/h1-36,38-39H. The molecule has 80 heavy (non-hydrogen) atoms. The van der Waals surface area contributed by atoms with Crippen molar-refractivity contribution in [3.8, 4) is 45.4 Å². The van der Waals surface area contributed by atoms with Crippen LogP contribution in [0.5, 0.6) is 0 Å². The van der Waals surface area contributed by atoms with Gasteiger partial charge in [-0.05, 0) is 84.9 Å². The highest BCUT2D eigenvalue weighted by Gasteiger charge is 2.34. The second-order valence-electron chi connectivity index (χ2n) is 20.7. The van der Waals surface area contributed by atoms with Gasteiger partial charge in [0, 0.05) is 112 Å². The molecule has 8 aromatic heterocycles. The third-order valence-electron chi connectivity index (χ3n) is 16.6. The van der Waals surface area contributed by atoms with Gasteiger partial charge in [-0.25, -0.2) is 0 Å². The first-order chi connectivity index (χ1) is 39.7. The average Bonchev–Trinajstić information content (AvgIpc) is 4.46. The summed E-state index contributed by atoms with van der Waals surface area (Å²) in [6, 6.07) is 74.8. The maximum atomic E-state index is 12.8. The lowest BCUT2D eigenvalue weighted by Crippen LogP contribution is -2.13. The van der Waals surface area contributed by atoms with Gasteiger partial charge in [0.15, 0.2) is 0 Å². The van der Waals surface area contributed by atoms with Crippen molar-refractivity contribution in [2.45, 2.75) is 0 Å². The Morgan fingerprint density at radius 2 is 0.637 bits per heavy atom. The fourth-order valence-corrected chi connectivity index (χ4v) is 13.3. The Morgan fingerprint density at radius 3 is 0.988 bits per heavy atom. The van der Waals surface area contributed by atoms with Gasteiger partial charge in [0.2, 0.25) is 0 Å². The van der Waals surface area contributed by atoms with E-state index in [1.54, 1.807) is 0 Å². The molecule has 8 heterocycles. The summed E-state index contributed by atoms with van der Waals surface area (Å²) in [5.74, 6) is 0. The van der Waals surface area contributed by atoms with E-state index in [0.29, 0.717) is 16.9 Å². The van der Waals surface area contributed by atoms with Gasteiger partial charge in [-0.3, -0.25) is 9.97 Å².